The van der Waals surface area contributed by atoms with Gasteiger partial charge in [0.1, 0.15) is 5.75 Å². The van der Waals surface area contributed by atoms with Crippen molar-refractivity contribution in [2.24, 2.45) is 17.8 Å². The number of aromatic carboxylic acids is 1. The summed E-state index contributed by atoms with van der Waals surface area (Å²) in [4.78, 5) is 11.4. The van der Waals surface area contributed by atoms with E-state index in [9.17, 15) is 15.0 Å². The van der Waals surface area contributed by atoms with Crippen LogP contribution in [0.1, 0.15) is 65.6 Å². The third-order valence-electron chi connectivity index (χ3n) is 7.51. The largest absolute Gasteiger partial charge is 0.508 e. The molecule has 2 aromatic carbocycles. The Balaban J connectivity index is 1.39. The fourth-order valence-corrected chi connectivity index (χ4v) is 6.73. The number of benzene rings is 2. The second kappa shape index (κ2) is 7.05. The van der Waals surface area contributed by atoms with E-state index >= 15 is 0 Å². The summed E-state index contributed by atoms with van der Waals surface area (Å²) in [7, 11) is 0. The zero-order chi connectivity index (χ0) is 20.0. The van der Waals surface area contributed by atoms with Gasteiger partial charge in [0, 0.05) is 5.56 Å². The number of phenols is 1. The van der Waals surface area contributed by atoms with Gasteiger partial charge in [-0.05, 0) is 91.4 Å². The van der Waals surface area contributed by atoms with Crippen LogP contribution < -0.4 is 0 Å². The molecule has 29 heavy (non-hydrogen) atoms. The number of rotatable bonds is 5. The van der Waals surface area contributed by atoms with E-state index in [1.165, 1.54) is 44.1 Å². The Morgan fingerprint density at radius 1 is 1.00 bits per heavy atom. The Morgan fingerprint density at radius 3 is 2.31 bits per heavy atom. The van der Waals surface area contributed by atoms with Crippen molar-refractivity contribution in [3.8, 4) is 5.75 Å². The molecule has 0 atom stereocenters. The standard InChI is InChI=1S/C26H28O3/c27-24-9-8-17(4-3-6-21-5-1-2-7-22(21)25(28)29)13-23(24)26-14-18-10-19(15-26)12-20(11-18)16-26/h1-3,5-9,13,18-20,27H,4,10-12,14-16H2,(H,28,29). The first kappa shape index (κ1) is 18.5. The van der Waals surface area contributed by atoms with Crippen LogP contribution in [0.15, 0.2) is 48.5 Å². The molecule has 0 amide bonds. The van der Waals surface area contributed by atoms with Gasteiger partial charge in [0.25, 0.3) is 0 Å². The van der Waals surface area contributed by atoms with E-state index in [-0.39, 0.29) is 5.41 Å². The molecule has 4 aliphatic carbocycles. The number of carboxylic acid groups (broad SMARTS) is 1. The van der Waals surface area contributed by atoms with Gasteiger partial charge in [0.05, 0.1) is 5.56 Å². The Bertz CT molecular complexity index is 936. The van der Waals surface area contributed by atoms with Crippen LogP contribution >= 0.6 is 0 Å². The van der Waals surface area contributed by atoms with E-state index in [0.717, 1.165) is 35.3 Å². The summed E-state index contributed by atoms with van der Waals surface area (Å²) in [5.74, 6) is 2.08. The molecule has 2 aromatic rings. The molecule has 0 radical (unpaired) electrons. The number of carbonyl (C=O) groups is 1. The summed E-state index contributed by atoms with van der Waals surface area (Å²) in [5, 5.41) is 20.1. The van der Waals surface area contributed by atoms with Crippen LogP contribution in [0, 0.1) is 17.8 Å². The summed E-state index contributed by atoms with van der Waals surface area (Å²) >= 11 is 0. The molecule has 0 spiro atoms. The van der Waals surface area contributed by atoms with Gasteiger partial charge >= 0.3 is 5.97 Å². The minimum absolute atomic E-state index is 0.175. The zero-order valence-electron chi connectivity index (χ0n) is 16.7. The molecule has 2 N–H and O–H groups in total. The highest BCUT2D eigenvalue weighted by Crippen LogP contribution is 2.61. The van der Waals surface area contributed by atoms with Crippen molar-refractivity contribution in [2.75, 3.05) is 0 Å². The molecule has 0 aliphatic heterocycles. The maximum atomic E-state index is 11.4. The molecule has 4 bridgehead atoms. The van der Waals surface area contributed by atoms with Crippen LogP contribution in [0.2, 0.25) is 0 Å². The number of aromatic hydroxyl groups is 1. The molecule has 6 rings (SSSR count). The number of phenolic OH excluding ortho intramolecular Hbond substituents is 1. The monoisotopic (exact) mass is 388 g/mol. The lowest BCUT2D eigenvalue weighted by Crippen LogP contribution is -2.48. The highest BCUT2D eigenvalue weighted by Gasteiger charge is 2.52. The van der Waals surface area contributed by atoms with E-state index in [1.807, 2.05) is 36.4 Å². The van der Waals surface area contributed by atoms with E-state index in [4.69, 9.17) is 0 Å². The van der Waals surface area contributed by atoms with Crippen LogP contribution in [0.3, 0.4) is 0 Å². The predicted octanol–water partition coefficient (Wildman–Crippen LogP) is 5.81. The minimum atomic E-state index is -0.904. The van der Waals surface area contributed by atoms with Crippen molar-refractivity contribution < 1.29 is 15.0 Å². The number of hydrogen-bond donors (Lipinski definition) is 2. The highest BCUT2D eigenvalue weighted by atomic mass is 16.4. The Labute approximate surface area is 172 Å². The maximum absolute atomic E-state index is 11.4. The number of allylic oxidation sites excluding steroid dienone is 1. The van der Waals surface area contributed by atoms with Crippen molar-refractivity contribution >= 4 is 12.0 Å². The van der Waals surface area contributed by atoms with Gasteiger partial charge in [0.15, 0.2) is 0 Å². The normalized spacial score (nSPS) is 30.1. The predicted molar refractivity (Wildman–Crippen MR) is 114 cm³/mol. The van der Waals surface area contributed by atoms with Gasteiger partial charge in [-0.25, -0.2) is 4.79 Å². The van der Waals surface area contributed by atoms with Gasteiger partial charge in [-0.3, -0.25) is 0 Å². The highest BCUT2D eigenvalue weighted by molar-refractivity contribution is 5.92. The Kier molecular flexibility index (Phi) is 4.49. The van der Waals surface area contributed by atoms with Gasteiger partial charge in [-0.1, -0.05) is 42.5 Å². The first-order chi connectivity index (χ1) is 14.0. The average Bonchev–Trinajstić information content (AvgIpc) is 2.68. The van der Waals surface area contributed by atoms with Crippen molar-refractivity contribution in [1.29, 1.82) is 0 Å². The van der Waals surface area contributed by atoms with E-state index in [1.54, 1.807) is 12.1 Å². The lowest BCUT2D eigenvalue weighted by molar-refractivity contribution is -0.00616. The van der Waals surface area contributed by atoms with Gasteiger partial charge < -0.3 is 10.2 Å². The van der Waals surface area contributed by atoms with Crippen LogP contribution in [-0.4, -0.2) is 16.2 Å². The van der Waals surface area contributed by atoms with E-state index in [2.05, 4.69) is 6.07 Å². The third kappa shape index (κ3) is 3.37. The molecule has 0 unspecified atom stereocenters. The van der Waals surface area contributed by atoms with Crippen molar-refractivity contribution in [3.63, 3.8) is 0 Å². The smallest absolute Gasteiger partial charge is 0.336 e. The van der Waals surface area contributed by atoms with Crippen LogP contribution in [0.5, 0.6) is 5.75 Å². The van der Waals surface area contributed by atoms with Crippen molar-refractivity contribution in [3.05, 3.63) is 70.8 Å². The SMILES string of the molecule is O=C(O)c1ccccc1C=CCc1ccc(O)c(C23CC4CC(CC(C4)C2)C3)c1. The first-order valence-corrected chi connectivity index (χ1v) is 10.8. The van der Waals surface area contributed by atoms with Crippen molar-refractivity contribution in [2.45, 2.75) is 50.4 Å². The summed E-state index contributed by atoms with van der Waals surface area (Å²) < 4.78 is 0. The summed E-state index contributed by atoms with van der Waals surface area (Å²) in [6.07, 6.45) is 12.5. The maximum Gasteiger partial charge on any atom is 0.336 e. The first-order valence-electron chi connectivity index (χ1n) is 10.8. The molecular weight excluding hydrogens is 360 g/mol. The molecular formula is C26H28O3. The van der Waals surface area contributed by atoms with E-state index < -0.39 is 5.97 Å². The topological polar surface area (TPSA) is 57.5 Å². The van der Waals surface area contributed by atoms with E-state index in [0.29, 0.717) is 11.3 Å². The van der Waals surface area contributed by atoms with Gasteiger partial charge in [0.2, 0.25) is 0 Å². The molecule has 4 fully saturated rings. The van der Waals surface area contributed by atoms with Crippen molar-refractivity contribution in [1.82, 2.24) is 0 Å². The zero-order valence-corrected chi connectivity index (χ0v) is 16.7. The molecule has 0 aromatic heterocycles. The second-order valence-electron chi connectivity index (χ2n) is 9.55. The fourth-order valence-electron chi connectivity index (χ4n) is 6.73. The second-order valence-corrected chi connectivity index (χ2v) is 9.55. The molecule has 4 saturated carbocycles. The molecule has 0 heterocycles. The summed E-state index contributed by atoms with van der Waals surface area (Å²) in [6.45, 7) is 0. The lowest BCUT2D eigenvalue weighted by atomic mass is 9.48. The fraction of sp³-hybridized carbons (Fsp3) is 0.423. The van der Waals surface area contributed by atoms with Gasteiger partial charge in [-0.2, -0.15) is 0 Å². The number of hydrogen-bond acceptors (Lipinski definition) is 2. The summed E-state index contributed by atoms with van der Waals surface area (Å²) in [6, 6.07) is 13.1. The Hall–Kier alpha value is -2.55. The molecule has 3 heteroatoms. The van der Waals surface area contributed by atoms with Crippen LogP contribution in [0.4, 0.5) is 0 Å². The van der Waals surface area contributed by atoms with Crippen LogP contribution in [0.25, 0.3) is 6.08 Å². The molecule has 4 aliphatic rings. The van der Waals surface area contributed by atoms with Gasteiger partial charge in [-0.15, -0.1) is 0 Å². The minimum Gasteiger partial charge on any atom is -0.508 e. The third-order valence-corrected chi connectivity index (χ3v) is 7.51. The quantitative estimate of drug-likeness (QED) is 0.679. The van der Waals surface area contributed by atoms with Crippen LogP contribution in [-0.2, 0) is 11.8 Å². The average molecular weight is 389 g/mol. The molecule has 3 nitrogen and oxygen atoms in total. The summed E-state index contributed by atoms with van der Waals surface area (Å²) in [5.41, 5.74) is 3.56. The lowest BCUT2D eigenvalue weighted by Gasteiger charge is -2.57. The number of carboxylic acids is 1. The molecule has 0 saturated heterocycles. The molecule has 150 valence electrons. The Morgan fingerprint density at radius 2 is 1.66 bits per heavy atom.